The molecule has 7 nitrogen and oxygen atoms in total. The number of nitrogens with one attached hydrogen (secondary N) is 1. The van der Waals surface area contributed by atoms with E-state index in [-0.39, 0.29) is 0 Å². The molecule has 0 saturated heterocycles. The molecular formula is C31H33N3O4. The number of hydrogen-bond donors (Lipinski definition) is 1. The third-order valence-corrected chi connectivity index (χ3v) is 6.03. The highest BCUT2D eigenvalue weighted by Crippen LogP contribution is 2.21. The molecular weight excluding hydrogens is 478 g/mol. The van der Waals surface area contributed by atoms with E-state index in [0.717, 1.165) is 48.1 Å². The van der Waals surface area contributed by atoms with Gasteiger partial charge in [0.25, 0.3) is 0 Å². The number of esters is 1. The van der Waals surface area contributed by atoms with Gasteiger partial charge < -0.3 is 13.9 Å². The molecule has 38 heavy (non-hydrogen) atoms. The average molecular weight is 512 g/mol. The molecule has 3 aromatic carbocycles. The van der Waals surface area contributed by atoms with Crippen LogP contribution in [-0.2, 0) is 6.42 Å². The first-order chi connectivity index (χ1) is 18.7. The number of carbonyl (C=O) groups excluding carboxylic acids is 1. The number of aryl methyl sites for hydroxylation is 1. The molecule has 7 heteroatoms. The summed E-state index contributed by atoms with van der Waals surface area (Å²) in [5.74, 6) is 0.743. The van der Waals surface area contributed by atoms with Gasteiger partial charge in [0, 0.05) is 5.56 Å². The highest BCUT2D eigenvalue weighted by Gasteiger charge is 2.11. The van der Waals surface area contributed by atoms with E-state index in [1.165, 1.54) is 12.8 Å². The number of oxazole rings is 1. The minimum atomic E-state index is -0.435. The van der Waals surface area contributed by atoms with Crippen molar-refractivity contribution in [3.63, 3.8) is 0 Å². The van der Waals surface area contributed by atoms with Gasteiger partial charge in [0.05, 0.1) is 18.4 Å². The molecule has 0 atom stereocenters. The zero-order chi connectivity index (χ0) is 26.6. The van der Waals surface area contributed by atoms with Gasteiger partial charge in [0.2, 0.25) is 0 Å². The summed E-state index contributed by atoms with van der Waals surface area (Å²) in [6, 6.07) is 20.3. The molecule has 0 aliphatic carbocycles. The van der Waals surface area contributed by atoms with Crippen LogP contribution in [0.2, 0.25) is 0 Å². The van der Waals surface area contributed by atoms with Gasteiger partial charge in [0.1, 0.15) is 17.0 Å². The Balaban J connectivity index is 1.31. The number of para-hydroxylation sites is 2. The van der Waals surface area contributed by atoms with Crippen molar-refractivity contribution < 1.29 is 18.7 Å². The fraction of sp³-hybridized carbons (Fsp3) is 0.258. The number of nitrogens with zero attached hydrogens (tertiary/aromatic N) is 2. The van der Waals surface area contributed by atoms with Crippen molar-refractivity contribution in [1.29, 1.82) is 0 Å². The number of allylic oxidation sites excluding steroid dienone is 1. The lowest BCUT2D eigenvalue weighted by Crippen LogP contribution is -2.09. The molecule has 196 valence electrons. The number of carbonyl (C=O) groups is 1. The number of hydrazone groups is 1. The van der Waals surface area contributed by atoms with Crippen LogP contribution in [0.5, 0.6) is 11.5 Å². The van der Waals surface area contributed by atoms with Crippen molar-refractivity contribution in [2.75, 3.05) is 12.0 Å². The van der Waals surface area contributed by atoms with Crippen LogP contribution in [-0.4, -0.2) is 23.8 Å². The second kappa shape index (κ2) is 13.8. The third-order valence-electron chi connectivity index (χ3n) is 6.03. The number of unbranched alkanes of at least 4 members (excludes halogenated alkanes) is 4. The summed E-state index contributed by atoms with van der Waals surface area (Å²) in [4.78, 5) is 17.1. The minimum absolute atomic E-state index is 0.305. The summed E-state index contributed by atoms with van der Waals surface area (Å²) in [6.07, 6.45) is 9.98. The van der Waals surface area contributed by atoms with Crippen LogP contribution < -0.4 is 14.9 Å². The summed E-state index contributed by atoms with van der Waals surface area (Å²) in [7, 11) is 0. The highest BCUT2D eigenvalue weighted by atomic mass is 16.5. The van der Waals surface area contributed by atoms with E-state index in [1.54, 1.807) is 42.6 Å². The first-order valence-electron chi connectivity index (χ1n) is 13.0. The predicted molar refractivity (Wildman–Crippen MR) is 151 cm³/mol. The van der Waals surface area contributed by atoms with Crippen LogP contribution in [0, 0.1) is 0 Å². The van der Waals surface area contributed by atoms with Crippen LogP contribution in [0.3, 0.4) is 0 Å². The summed E-state index contributed by atoms with van der Waals surface area (Å²) in [5, 5.41) is 4.26. The standard InChI is InChI=1S/C31H33N3O4/c1-3-5-6-7-8-11-20-36-26-17-15-24(16-18-26)30(35)37-27-19-14-23(4-2)25(21-27)22-32-34-31-33-28-12-9-10-13-29(28)38-31/h3,9-10,12-19,21-22H,1,4-8,11,20H2,2H3,(H,33,34)/b32-22+. The quantitative estimate of drug-likeness (QED) is 0.0469. The number of ether oxygens (including phenoxy) is 2. The Morgan fingerprint density at radius 3 is 2.61 bits per heavy atom. The Bertz CT molecular complexity index is 1340. The fourth-order valence-electron chi connectivity index (χ4n) is 3.94. The van der Waals surface area contributed by atoms with Gasteiger partial charge in [-0.2, -0.15) is 10.1 Å². The van der Waals surface area contributed by atoms with Gasteiger partial charge >= 0.3 is 12.0 Å². The fourth-order valence-corrected chi connectivity index (χ4v) is 3.94. The number of anilines is 1. The van der Waals surface area contributed by atoms with E-state index in [9.17, 15) is 4.79 Å². The summed E-state index contributed by atoms with van der Waals surface area (Å²) >= 11 is 0. The van der Waals surface area contributed by atoms with Gasteiger partial charge in [-0.05, 0) is 79.8 Å². The van der Waals surface area contributed by atoms with E-state index >= 15 is 0 Å². The SMILES string of the molecule is C=CCCCCCCOc1ccc(C(=O)Oc2ccc(CC)c(/C=N/Nc3nc4ccccc4o3)c2)cc1. The van der Waals surface area contributed by atoms with E-state index < -0.39 is 5.97 Å². The van der Waals surface area contributed by atoms with Crippen LogP contribution in [0.1, 0.15) is 60.5 Å². The van der Waals surface area contributed by atoms with Gasteiger partial charge in [-0.25, -0.2) is 10.2 Å². The molecule has 0 aliphatic heterocycles. The number of hydrogen-bond acceptors (Lipinski definition) is 7. The number of fused-ring (bicyclic) bond motifs is 1. The monoisotopic (exact) mass is 511 g/mol. The van der Waals surface area contributed by atoms with Crippen molar-refractivity contribution in [3.05, 3.63) is 96.1 Å². The number of rotatable bonds is 14. The second-order valence-corrected chi connectivity index (χ2v) is 8.82. The lowest BCUT2D eigenvalue weighted by molar-refractivity contribution is 0.0734. The Morgan fingerprint density at radius 1 is 1.03 bits per heavy atom. The van der Waals surface area contributed by atoms with Crippen molar-refractivity contribution in [1.82, 2.24) is 4.98 Å². The number of aromatic nitrogens is 1. The maximum Gasteiger partial charge on any atom is 0.343 e. The molecule has 0 amide bonds. The molecule has 0 fully saturated rings. The van der Waals surface area contributed by atoms with Crippen LogP contribution in [0.15, 0.2) is 88.9 Å². The van der Waals surface area contributed by atoms with Crippen LogP contribution >= 0.6 is 0 Å². The van der Waals surface area contributed by atoms with Crippen molar-refractivity contribution in [3.8, 4) is 11.5 Å². The van der Waals surface area contributed by atoms with Gasteiger partial charge in [0.15, 0.2) is 5.58 Å². The smallest absolute Gasteiger partial charge is 0.343 e. The molecule has 1 N–H and O–H groups in total. The predicted octanol–water partition coefficient (Wildman–Crippen LogP) is 7.57. The van der Waals surface area contributed by atoms with Gasteiger partial charge in [-0.3, -0.25) is 0 Å². The van der Waals surface area contributed by atoms with E-state index in [2.05, 4.69) is 29.0 Å². The van der Waals surface area contributed by atoms with Crippen molar-refractivity contribution >= 4 is 29.3 Å². The molecule has 0 radical (unpaired) electrons. The summed E-state index contributed by atoms with van der Waals surface area (Å²) in [6.45, 7) is 6.46. The van der Waals surface area contributed by atoms with E-state index in [0.29, 0.717) is 29.5 Å². The molecule has 4 rings (SSSR count). The topological polar surface area (TPSA) is 86.0 Å². The summed E-state index contributed by atoms with van der Waals surface area (Å²) in [5.41, 5.74) is 6.61. The van der Waals surface area contributed by atoms with Crippen LogP contribution in [0.4, 0.5) is 6.01 Å². The molecule has 0 spiro atoms. The number of benzene rings is 3. The molecule has 0 unspecified atom stereocenters. The molecule has 1 heterocycles. The summed E-state index contributed by atoms with van der Waals surface area (Å²) < 4.78 is 17.0. The third kappa shape index (κ3) is 7.56. The minimum Gasteiger partial charge on any atom is -0.494 e. The van der Waals surface area contributed by atoms with Crippen LogP contribution in [0.25, 0.3) is 11.1 Å². The van der Waals surface area contributed by atoms with Crippen molar-refractivity contribution in [2.45, 2.75) is 45.4 Å². The Morgan fingerprint density at radius 2 is 1.82 bits per heavy atom. The lowest BCUT2D eigenvalue weighted by atomic mass is 10.1. The highest BCUT2D eigenvalue weighted by molar-refractivity contribution is 5.91. The Kier molecular flexibility index (Phi) is 9.68. The average Bonchev–Trinajstić information content (AvgIpc) is 3.36. The largest absolute Gasteiger partial charge is 0.494 e. The normalized spacial score (nSPS) is 11.1. The zero-order valence-corrected chi connectivity index (χ0v) is 21.7. The first-order valence-corrected chi connectivity index (χ1v) is 13.0. The maximum atomic E-state index is 12.7. The molecule has 4 aromatic rings. The van der Waals surface area contributed by atoms with E-state index in [4.69, 9.17) is 13.9 Å². The molecule has 0 saturated carbocycles. The van der Waals surface area contributed by atoms with Crippen molar-refractivity contribution in [2.24, 2.45) is 5.10 Å². The molecule has 0 aliphatic rings. The Labute approximate surface area is 223 Å². The van der Waals surface area contributed by atoms with Gasteiger partial charge in [-0.15, -0.1) is 6.58 Å². The van der Waals surface area contributed by atoms with E-state index in [1.807, 2.05) is 36.4 Å². The Hall–Kier alpha value is -4.39. The first kappa shape index (κ1) is 26.7. The zero-order valence-electron chi connectivity index (χ0n) is 21.7. The van der Waals surface area contributed by atoms with Gasteiger partial charge in [-0.1, -0.05) is 44.0 Å². The molecule has 0 bridgehead atoms. The second-order valence-electron chi connectivity index (χ2n) is 8.82. The lowest BCUT2D eigenvalue weighted by Gasteiger charge is -2.09. The molecule has 1 aromatic heterocycles. The maximum absolute atomic E-state index is 12.7.